The second-order valence-corrected chi connectivity index (χ2v) is 10.2. The van der Waals surface area contributed by atoms with Crippen LogP contribution >= 0.6 is 0 Å². The molecule has 1 aliphatic heterocycles. The molecule has 6 rings (SSSR count). The lowest BCUT2D eigenvalue weighted by atomic mass is 9.74. The van der Waals surface area contributed by atoms with Gasteiger partial charge in [-0.2, -0.15) is 0 Å². The number of hydrogen-bond acceptors (Lipinski definition) is 2. The molecule has 0 atom stereocenters. The van der Waals surface area contributed by atoms with Crippen LogP contribution in [0.5, 0.6) is 0 Å². The highest BCUT2D eigenvalue weighted by atomic mass is 19.1. The summed E-state index contributed by atoms with van der Waals surface area (Å²) < 4.78 is 30.2. The highest BCUT2D eigenvalue weighted by Gasteiger charge is 2.52. The highest BCUT2D eigenvalue weighted by molar-refractivity contribution is 6.64. The van der Waals surface area contributed by atoms with Gasteiger partial charge in [-0.05, 0) is 56.9 Å². The molecule has 5 heteroatoms. The lowest BCUT2D eigenvalue weighted by Gasteiger charge is -2.32. The van der Waals surface area contributed by atoms with Gasteiger partial charge in [0.05, 0.1) is 27.9 Å². The summed E-state index contributed by atoms with van der Waals surface area (Å²) in [6.45, 7) is 8.24. The second kappa shape index (κ2) is 7.80. The van der Waals surface area contributed by atoms with E-state index in [0.29, 0.717) is 5.52 Å². The Balaban J connectivity index is 1.61. The molecule has 1 aliphatic rings. The smallest absolute Gasteiger partial charge is 0.399 e. The van der Waals surface area contributed by atoms with Crippen molar-refractivity contribution in [3.63, 3.8) is 0 Å². The van der Waals surface area contributed by atoms with Gasteiger partial charge in [0.1, 0.15) is 5.82 Å². The minimum Gasteiger partial charge on any atom is -0.399 e. The van der Waals surface area contributed by atoms with Crippen molar-refractivity contribution in [3.8, 4) is 16.8 Å². The summed E-state index contributed by atoms with van der Waals surface area (Å²) in [5.74, 6) is -0.243. The summed E-state index contributed by atoms with van der Waals surface area (Å²) in [5, 5.41) is 1.92. The van der Waals surface area contributed by atoms with Crippen molar-refractivity contribution < 1.29 is 13.7 Å². The predicted molar refractivity (Wildman–Crippen MR) is 142 cm³/mol. The van der Waals surface area contributed by atoms with Crippen LogP contribution in [-0.4, -0.2) is 22.9 Å². The van der Waals surface area contributed by atoms with Gasteiger partial charge >= 0.3 is 7.12 Å². The largest absolute Gasteiger partial charge is 0.495 e. The van der Waals surface area contributed by atoms with Crippen LogP contribution in [0, 0.1) is 5.82 Å². The summed E-state index contributed by atoms with van der Waals surface area (Å²) in [4.78, 5) is 0. The van der Waals surface area contributed by atoms with Crippen molar-refractivity contribution >= 4 is 34.4 Å². The molecule has 35 heavy (non-hydrogen) atoms. The summed E-state index contributed by atoms with van der Waals surface area (Å²) in [5.41, 5.74) is 4.52. The maximum Gasteiger partial charge on any atom is 0.495 e. The average molecular weight is 463 g/mol. The molecule has 0 spiro atoms. The first kappa shape index (κ1) is 22.1. The van der Waals surface area contributed by atoms with E-state index >= 15 is 4.39 Å². The molecule has 4 aromatic carbocycles. The van der Waals surface area contributed by atoms with Crippen LogP contribution in [0.15, 0.2) is 91.0 Å². The van der Waals surface area contributed by atoms with E-state index in [2.05, 4.69) is 58.0 Å². The zero-order valence-corrected chi connectivity index (χ0v) is 20.4. The van der Waals surface area contributed by atoms with E-state index in [9.17, 15) is 0 Å². The van der Waals surface area contributed by atoms with Crippen LogP contribution in [0.1, 0.15) is 27.7 Å². The van der Waals surface area contributed by atoms with E-state index in [0.717, 1.165) is 38.6 Å². The number of aromatic nitrogens is 1. The van der Waals surface area contributed by atoms with E-state index < -0.39 is 18.3 Å². The molecule has 3 nitrogen and oxygen atoms in total. The lowest BCUT2D eigenvalue weighted by Crippen LogP contribution is -2.41. The molecule has 174 valence electrons. The summed E-state index contributed by atoms with van der Waals surface area (Å²) in [6, 6.07) is 29.7. The van der Waals surface area contributed by atoms with Crippen molar-refractivity contribution in [2.45, 2.75) is 38.9 Å². The maximum atomic E-state index is 15.3. The number of halogens is 1. The monoisotopic (exact) mass is 463 g/mol. The van der Waals surface area contributed by atoms with Crippen LogP contribution in [0.4, 0.5) is 4.39 Å². The van der Waals surface area contributed by atoms with Crippen molar-refractivity contribution in [2.24, 2.45) is 0 Å². The first-order valence-corrected chi connectivity index (χ1v) is 12.0. The molecular formula is C30H27BFNO2. The second-order valence-electron chi connectivity index (χ2n) is 10.2. The molecule has 0 N–H and O–H groups in total. The maximum absolute atomic E-state index is 15.3. The molecular weight excluding hydrogens is 436 g/mol. The zero-order chi connectivity index (χ0) is 24.4. The van der Waals surface area contributed by atoms with Crippen molar-refractivity contribution in [1.82, 2.24) is 4.57 Å². The standard InChI is InChI=1S/C30H27BFNO2/c1-29(2)30(3,4)35-31(34-29)24-16-8-5-12-20(24)21-13-6-9-18-26(21)33-27-19-10-7-14-22(27)23-15-11-17-25(32)28(23)33/h5-19H,1-4H3. The molecule has 0 bridgehead atoms. The lowest BCUT2D eigenvalue weighted by molar-refractivity contribution is 0.00578. The molecule has 1 saturated heterocycles. The van der Waals surface area contributed by atoms with Crippen LogP contribution in [0.2, 0.25) is 0 Å². The SMILES string of the molecule is CC1(C)OB(c2ccccc2-c2ccccc2-n2c3ccccc3c3cccc(F)c32)OC1(C)C. The number of para-hydroxylation sites is 3. The molecule has 1 fully saturated rings. The van der Waals surface area contributed by atoms with Crippen LogP contribution in [0.25, 0.3) is 38.6 Å². The number of benzene rings is 4. The Bertz CT molecular complexity index is 1570. The van der Waals surface area contributed by atoms with Gasteiger partial charge in [0.2, 0.25) is 0 Å². The fraction of sp³-hybridized carbons (Fsp3) is 0.200. The number of fused-ring (bicyclic) bond motifs is 3. The van der Waals surface area contributed by atoms with Crippen LogP contribution < -0.4 is 5.46 Å². The molecule has 0 saturated carbocycles. The van der Waals surface area contributed by atoms with Gasteiger partial charge < -0.3 is 13.9 Å². The van der Waals surface area contributed by atoms with Gasteiger partial charge in [0, 0.05) is 16.3 Å². The van der Waals surface area contributed by atoms with Crippen molar-refractivity contribution in [1.29, 1.82) is 0 Å². The van der Waals surface area contributed by atoms with Gasteiger partial charge in [0.15, 0.2) is 0 Å². The molecule has 0 amide bonds. The number of nitrogens with zero attached hydrogens (tertiary/aromatic N) is 1. The van der Waals surface area contributed by atoms with Crippen LogP contribution in [0.3, 0.4) is 0 Å². The van der Waals surface area contributed by atoms with Gasteiger partial charge in [-0.1, -0.05) is 72.8 Å². The molecule has 5 aromatic rings. The third-order valence-electron chi connectivity index (χ3n) is 7.55. The molecule has 0 unspecified atom stereocenters. The van der Waals surface area contributed by atoms with E-state index in [-0.39, 0.29) is 5.82 Å². The molecule has 1 aromatic heterocycles. The molecule has 2 heterocycles. The third-order valence-corrected chi connectivity index (χ3v) is 7.55. The van der Waals surface area contributed by atoms with Gasteiger partial charge in [-0.15, -0.1) is 0 Å². The minimum atomic E-state index is -0.501. The minimum absolute atomic E-state index is 0.243. The zero-order valence-electron chi connectivity index (χ0n) is 20.4. The quantitative estimate of drug-likeness (QED) is 0.272. The summed E-state index contributed by atoms with van der Waals surface area (Å²) >= 11 is 0. The van der Waals surface area contributed by atoms with E-state index in [1.54, 1.807) is 6.07 Å². The first-order chi connectivity index (χ1) is 16.8. The topological polar surface area (TPSA) is 23.4 Å². The Kier molecular flexibility index (Phi) is 4.92. The van der Waals surface area contributed by atoms with Gasteiger partial charge in [-0.3, -0.25) is 0 Å². The van der Waals surface area contributed by atoms with Crippen molar-refractivity contribution in [3.05, 3.63) is 96.8 Å². The van der Waals surface area contributed by atoms with Gasteiger partial charge in [0.25, 0.3) is 0 Å². The van der Waals surface area contributed by atoms with E-state index in [1.807, 2.05) is 53.1 Å². The summed E-state index contributed by atoms with van der Waals surface area (Å²) in [6.07, 6.45) is 0. The van der Waals surface area contributed by atoms with Crippen molar-refractivity contribution in [2.75, 3.05) is 0 Å². The highest BCUT2D eigenvalue weighted by Crippen LogP contribution is 2.39. The Morgan fingerprint density at radius 2 is 1.26 bits per heavy atom. The van der Waals surface area contributed by atoms with E-state index in [4.69, 9.17) is 9.31 Å². The number of hydrogen-bond donors (Lipinski definition) is 0. The summed E-state index contributed by atoms with van der Waals surface area (Å²) in [7, 11) is -0.501. The Morgan fingerprint density at radius 3 is 2.03 bits per heavy atom. The first-order valence-electron chi connectivity index (χ1n) is 12.0. The Labute approximate surface area is 205 Å². The fourth-order valence-electron chi connectivity index (χ4n) is 5.04. The molecule has 0 aliphatic carbocycles. The normalized spacial score (nSPS) is 16.9. The Hall–Kier alpha value is -3.41. The predicted octanol–water partition coefficient (Wildman–Crippen LogP) is 6.89. The molecule has 0 radical (unpaired) electrons. The Morgan fingerprint density at radius 1 is 0.657 bits per heavy atom. The van der Waals surface area contributed by atoms with Crippen LogP contribution in [-0.2, 0) is 9.31 Å². The average Bonchev–Trinajstić information content (AvgIpc) is 3.30. The fourth-order valence-corrected chi connectivity index (χ4v) is 5.04. The van der Waals surface area contributed by atoms with E-state index in [1.165, 1.54) is 6.07 Å². The van der Waals surface area contributed by atoms with Gasteiger partial charge in [-0.25, -0.2) is 4.39 Å². The third kappa shape index (κ3) is 3.34. The number of rotatable bonds is 3.